The van der Waals surface area contributed by atoms with E-state index in [1.807, 2.05) is 24.7 Å². The van der Waals surface area contributed by atoms with Crippen molar-refractivity contribution < 1.29 is 4.74 Å². The van der Waals surface area contributed by atoms with Gasteiger partial charge in [-0.05, 0) is 44.5 Å². The van der Waals surface area contributed by atoms with Crippen LogP contribution in [-0.4, -0.2) is 22.1 Å². The average molecular weight is 287 g/mol. The molecule has 21 heavy (non-hydrogen) atoms. The first kappa shape index (κ1) is 15.6. The van der Waals surface area contributed by atoms with Gasteiger partial charge in [0.15, 0.2) is 0 Å². The minimum atomic E-state index is 0.501. The first-order valence-electron chi connectivity index (χ1n) is 7.67. The predicted octanol–water partition coefficient (Wildman–Crippen LogP) is 3.02. The Balaban J connectivity index is 1.87. The molecule has 0 aliphatic carbocycles. The molecule has 0 amide bonds. The Kier molecular flexibility index (Phi) is 5.81. The van der Waals surface area contributed by atoms with E-state index in [0.717, 1.165) is 31.0 Å². The Bertz CT molecular complexity index is 533. The molecule has 4 heteroatoms. The van der Waals surface area contributed by atoms with E-state index in [9.17, 15) is 0 Å². The van der Waals surface area contributed by atoms with Gasteiger partial charge in [-0.3, -0.25) is 0 Å². The van der Waals surface area contributed by atoms with Crippen molar-refractivity contribution in [1.29, 1.82) is 0 Å². The molecule has 4 nitrogen and oxygen atoms in total. The van der Waals surface area contributed by atoms with Crippen molar-refractivity contribution in [3.63, 3.8) is 0 Å². The zero-order valence-electron chi connectivity index (χ0n) is 13.2. The maximum Gasteiger partial charge on any atom is 0.130 e. The van der Waals surface area contributed by atoms with Gasteiger partial charge in [0.05, 0.1) is 18.2 Å². The summed E-state index contributed by atoms with van der Waals surface area (Å²) in [5.41, 5.74) is 2.43. The van der Waals surface area contributed by atoms with Crippen LogP contribution in [0.5, 0.6) is 5.75 Å². The first-order chi connectivity index (χ1) is 10.2. The van der Waals surface area contributed by atoms with Crippen LogP contribution in [0.25, 0.3) is 0 Å². The summed E-state index contributed by atoms with van der Waals surface area (Å²) in [5.74, 6) is 0.902. The number of nitrogens with zero attached hydrogens (tertiary/aromatic N) is 2. The second kappa shape index (κ2) is 7.84. The van der Waals surface area contributed by atoms with Crippen molar-refractivity contribution in [3.05, 3.63) is 48.0 Å². The van der Waals surface area contributed by atoms with E-state index in [4.69, 9.17) is 4.74 Å². The molecule has 0 spiro atoms. The van der Waals surface area contributed by atoms with E-state index < -0.39 is 0 Å². The Labute approximate surface area is 127 Å². The van der Waals surface area contributed by atoms with Crippen LogP contribution in [0.15, 0.2) is 36.8 Å². The lowest BCUT2D eigenvalue weighted by Crippen LogP contribution is -2.27. The number of ether oxygens (including phenoxy) is 1. The number of nitrogens with one attached hydrogen (secondary N) is 1. The molecule has 1 atom stereocenters. The Hall–Kier alpha value is -1.81. The third kappa shape index (κ3) is 4.60. The molecule has 0 bridgehead atoms. The largest absolute Gasteiger partial charge is 0.487 e. The number of hydrogen-bond acceptors (Lipinski definition) is 3. The van der Waals surface area contributed by atoms with Gasteiger partial charge in [0, 0.05) is 12.6 Å². The summed E-state index contributed by atoms with van der Waals surface area (Å²) in [7, 11) is 0. The van der Waals surface area contributed by atoms with E-state index in [1.165, 1.54) is 5.56 Å². The van der Waals surface area contributed by atoms with Crippen LogP contribution in [0.4, 0.5) is 0 Å². The molecular weight excluding hydrogens is 262 g/mol. The van der Waals surface area contributed by atoms with Crippen molar-refractivity contribution in [2.75, 3.05) is 6.54 Å². The summed E-state index contributed by atoms with van der Waals surface area (Å²) in [6.45, 7) is 8.92. The summed E-state index contributed by atoms with van der Waals surface area (Å²) in [6.07, 6.45) is 4.73. The number of imidazole rings is 1. The number of aromatic nitrogens is 2. The monoisotopic (exact) mass is 287 g/mol. The highest BCUT2D eigenvalue weighted by atomic mass is 16.5. The van der Waals surface area contributed by atoms with E-state index >= 15 is 0 Å². The molecule has 114 valence electrons. The zero-order valence-corrected chi connectivity index (χ0v) is 13.2. The number of benzene rings is 1. The summed E-state index contributed by atoms with van der Waals surface area (Å²) >= 11 is 0. The minimum absolute atomic E-state index is 0.501. The van der Waals surface area contributed by atoms with Crippen LogP contribution < -0.4 is 10.1 Å². The molecule has 1 aromatic heterocycles. The zero-order chi connectivity index (χ0) is 15.1. The lowest BCUT2D eigenvalue weighted by atomic mass is 10.1. The molecule has 1 aromatic carbocycles. The quantitative estimate of drug-likeness (QED) is 0.811. The molecule has 1 heterocycles. The second-order valence-corrected chi connectivity index (χ2v) is 5.27. The highest BCUT2D eigenvalue weighted by Crippen LogP contribution is 2.15. The predicted molar refractivity (Wildman–Crippen MR) is 85.5 cm³/mol. The average Bonchev–Trinajstić information content (AvgIpc) is 2.94. The molecule has 1 N–H and O–H groups in total. The van der Waals surface area contributed by atoms with Gasteiger partial charge in [0.1, 0.15) is 12.4 Å². The van der Waals surface area contributed by atoms with Gasteiger partial charge in [-0.1, -0.05) is 19.1 Å². The van der Waals surface area contributed by atoms with Crippen molar-refractivity contribution in [2.45, 2.75) is 46.4 Å². The van der Waals surface area contributed by atoms with Crippen molar-refractivity contribution in [3.8, 4) is 5.75 Å². The Morgan fingerprint density at radius 3 is 2.67 bits per heavy atom. The fourth-order valence-corrected chi connectivity index (χ4v) is 2.41. The van der Waals surface area contributed by atoms with Crippen LogP contribution in [0.1, 0.15) is 32.0 Å². The van der Waals surface area contributed by atoms with Crippen molar-refractivity contribution >= 4 is 0 Å². The lowest BCUT2D eigenvalue weighted by molar-refractivity contribution is 0.295. The van der Waals surface area contributed by atoms with E-state index in [2.05, 4.69) is 47.8 Å². The summed E-state index contributed by atoms with van der Waals surface area (Å²) < 4.78 is 7.91. The normalized spacial score (nSPS) is 12.3. The summed E-state index contributed by atoms with van der Waals surface area (Å²) in [4.78, 5) is 4.15. The Morgan fingerprint density at radius 2 is 2.00 bits per heavy atom. The molecule has 0 radical (unpaired) electrons. The van der Waals surface area contributed by atoms with Gasteiger partial charge < -0.3 is 14.6 Å². The van der Waals surface area contributed by atoms with Crippen LogP contribution in [0, 0.1) is 0 Å². The lowest BCUT2D eigenvalue weighted by Gasteiger charge is -2.13. The van der Waals surface area contributed by atoms with E-state index in [1.54, 1.807) is 0 Å². The summed E-state index contributed by atoms with van der Waals surface area (Å²) in [5, 5.41) is 3.42. The molecule has 2 rings (SSSR count). The van der Waals surface area contributed by atoms with Gasteiger partial charge >= 0.3 is 0 Å². The molecule has 1 unspecified atom stereocenters. The van der Waals surface area contributed by atoms with Crippen LogP contribution in [-0.2, 0) is 19.6 Å². The van der Waals surface area contributed by atoms with Crippen molar-refractivity contribution in [1.82, 2.24) is 14.9 Å². The highest BCUT2D eigenvalue weighted by Gasteiger charge is 2.04. The van der Waals surface area contributed by atoms with Crippen LogP contribution in [0.2, 0.25) is 0 Å². The van der Waals surface area contributed by atoms with Gasteiger partial charge in [0.25, 0.3) is 0 Å². The van der Waals surface area contributed by atoms with Gasteiger partial charge in [0.2, 0.25) is 0 Å². The maximum atomic E-state index is 5.82. The number of aryl methyl sites for hydroxylation is 1. The first-order valence-corrected chi connectivity index (χ1v) is 7.67. The number of rotatable bonds is 8. The van der Waals surface area contributed by atoms with Crippen LogP contribution >= 0.6 is 0 Å². The SMILES string of the molecule is CCNC(C)Cc1ccc(OCc2cncn2CC)cc1. The fourth-order valence-electron chi connectivity index (χ4n) is 2.41. The smallest absolute Gasteiger partial charge is 0.130 e. The highest BCUT2D eigenvalue weighted by molar-refractivity contribution is 5.28. The van der Waals surface area contributed by atoms with Gasteiger partial charge in [-0.2, -0.15) is 0 Å². The number of likely N-dealkylation sites (N-methyl/N-ethyl adjacent to an activating group) is 1. The molecular formula is C17H25N3O. The van der Waals surface area contributed by atoms with E-state index in [0.29, 0.717) is 12.6 Å². The van der Waals surface area contributed by atoms with Crippen LogP contribution in [0.3, 0.4) is 0 Å². The third-order valence-electron chi connectivity index (χ3n) is 3.54. The fraction of sp³-hybridized carbons (Fsp3) is 0.471. The van der Waals surface area contributed by atoms with Gasteiger partial charge in [-0.25, -0.2) is 4.98 Å². The third-order valence-corrected chi connectivity index (χ3v) is 3.54. The minimum Gasteiger partial charge on any atom is -0.487 e. The van der Waals surface area contributed by atoms with E-state index in [-0.39, 0.29) is 0 Å². The molecule has 0 saturated heterocycles. The Morgan fingerprint density at radius 1 is 1.24 bits per heavy atom. The van der Waals surface area contributed by atoms with Gasteiger partial charge in [-0.15, -0.1) is 0 Å². The summed E-state index contributed by atoms with van der Waals surface area (Å²) in [6, 6.07) is 8.86. The molecule has 0 fully saturated rings. The number of hydrogen-bond donors (Lipinski definition) is 1. The topological polar surface area (TPSA) is 39.1 Å². The van der Waals surface area contributed by atoms with Crippen molar-refractivity contribution in [2.24, 2.45) is 0 Å². The molecule has 0 aliphatic heterocycles. The molecule has 0 aliphatic rings. The standard InChI is InChI=1S/C17H25N3O/c1-4-19-14(3)10-15-6-8-17(9-7-15)21-12-16-11-18-13-20(16)5-2/h6-9,11,13-14,19H,4-5,10,12H2,1-3H3. The second-order valence-electron chi connectivity index (χ2n) is 5.27. The molecule has 2 aromatic rings. The molecule has 0 saturated carbocycles. The maximum absolute atomic E-state index is 5.82.